The van der Waals surface area contributed by atoms with Gasteiger partial charge in [-0.15, -0.1) is 0 Å². The van der Waals surface area contributed by atoms with Crippen molar-refractivity contribution in [1.29, 1.82) is 0 Å². The van der Waals surface area contributed by atoms with Gasteiger partial charge < -0.3 is 10.2 Å². The Labute approximate surface area is 163 Å². The summed E-state index contributed by atoms with van der Waals surface area (Å²) in [5.74, 6) is 1.86. The van der Waals surface area contributed by atoms with Crippen LogP contribution in [0.15, 0.2) is 11.6 Å². The number of hydrogen-bond donors (Lipinski definition) is 2. The average molecular weight is 377 g/mol. The van der Waals surface area contributed by atoms with Gasteiger partial charge in [-0.2, -0.15) is 0 Å². The van der Waals surface area contributed by atoms with E-state index < -0.39 is 5.97 Å². The van der Waals surface area contributed by atoms with Gasteiger partial charge in [-0.3, -0.25) is 9.59 Å². The smallest absolute Gasteiger partial charge is 0.303 e. The maximum atomic E-state index is 11.8. The summed E-state index contributed by atoms with van der Waals surface area (Å²) in [5, 5.41) is 18.4. The normalized spacial score (nSPS) is 42.8. The third-order valence-electron chi connectivity index (χ3n) is 8.38. The molecule has 4 nitrogen and oxygen atoms in total. The summed E-state index contributed by atoms with van der Waals surface area (Å²) >= 11 is 0. The van der Waals surface area contributed by atoms with E-state index in [1.54, 1.807) is 0 Å². The van der Waals surface area contributed by atoms with Crippen molar-refractivity contribution in [3.63, 3.8) is 0 Å². The van der Waals surface area contributed by atoms with Crippen molar-refractivity contribution in [1.82, 2.24) is 0 Å². The molecule has 152 valence electrons. The number of allylic oxidation sites excluding steroid dienone is 1. The van der Waals surface area contributed by atoms with E-state index in [0.29, 0.717) is 18.1 Å². The zero-order valence-electron chi connectivity index (χ0n) is 17.2. The zero-order chi connectivity index (χ0) is 19.8. The van der Waals surface area contributed by atoms with Crippen LogP contribution in [0.3, 0.4) is 0 Å². The molecular weight excluding hydrogens is 340 g/mol. The number of hydrogen-bond acceptors (Lipinski definition) is 3. The lowest BCUT2D eigenvalue weighted by Gasteiger charge is -2.57. The minimum absolute atomic E-state index is 0.0823. The van der Waals surface area contributed by atoms with Crippen LogP contribution in [0.2, 0.25) is 0 Å². The van der Waals surface area contributed by atoms with Crippen LogP contribution in [0.1, 0.15) is 85.0 Å². The van der Waals surface area contributed by atoms with Gasteiger partial charge in [0.15, 0.2) is 5.78 Å². The summed E-state index contributed by atoms with van der Waals surface area (Å²) in [4.78, 5) is 21.4. The number of carbonyl (C=O) groups is 2. The molecule has 3 fully saturated rings. The molecule has 2 N–H and O–H groups in total. The number of carboxylic acids is 1. The van der Waals surface area contributed by atoms with Crippen LogP contribution in [-0.4, -0.2) is 28.1 Å². The largest absolute Gasteiger partial charge is 0.481 e. The second kappa shape index (κ2) is 7.69. The fourth-order valence-electron chi connectivity index (χ4n) is 6.75. The first-order valence-electron chi connectivity index (χ1n) is 10.9. The molecule has 27 heavy (non-hydrogen) atoms. The number of carbonyl (C=O) groups excluding carboxylic acids is 1. The molecule has 6 atom stereocenters. The van der Waals surface area contributed by atoms with Crippen molar-refractivity contribution in [2.75, 3.05) is 0 Å². The summed E-state index contributed by atoms with van der Waals surface area (Å²) in [7, 11) is 0. The number of fused-ring (bicyclic) bond motifs is 5. The van der Waals surface area contributed by atoms with Crippen molar-refractivity contribution in [3.8, 4) is 0 Å². The van der Waals surface area contributed by atoms with Crippen LogP contribution >= 0.6 is 0 Å². The molecule has 0 radical (unpaired) electrons. The van der Waals surface area contributed by atoms with E-state index in [2.05, 4.69) is 13.8 Å². The van der Waals surface area contributed by atoms with Crippen molar-refractivity contribution < 1.29 is 19.8 Å². The molecule has 0 aliphatic heterocycles. The van der Waals surface area contributed by atoms with E-state index in [0.717, 1.165) is 43.9 Å². The van der Waals surface area contributed by atoms with E-state index in [1.165, 1.54) is 31.3 Å². The van der Waals surface area contributed by atoms with Crippen LogP contribution in [0, 0.1) is 28.6 Å². The van der Waals surface area contributed by atoms with Gasteiger partial charge in [0.25, 0.3) is 0 Å². The molecule has 0 amide bonds. The van der Waals surface area contributed by atoms with E-state index in [1.807, 2.05) is 13.0 Å². The van der Waals surface area contributed by atoms with Gasteiger partial charge in [0.2, 0.25) is 0 Å². The standard InChI is InChI=1S/C19H28O2.C4H8O2/c1-18-9-7-13(20)11-12(18)3-4-14-15-5-6-17(21)19(15,2)10-8-16(14)18;1-2-3-4(5)6/h11,14-17,21H,3-10H2,1-2H3;2-3H2,1H3,(H,5,6)/t14-,15-,16-,17-,18-,19-;/m0./s1. The Bertz CT molecular complexity index is 624. The highest BCUT2D eigenvalue weighted by atomic mass is 16.4. The van der Waals surface area contributed by atoms with Gasteiger partial charge >= 0.3 is 5.97 Å². The predicted molar refractivity (Wildman–Crippen MR) is 105 cm³/mol. The third kappa shape index (κ3) is 3.62. The zero-order valence-corrected chi connectivity index (χ0v) is 17.2. The summed E-state index contributed by atoms with van der Waals surface area (Å²) in [6.07, 6.45) is 11.7. The molecule has 0 aromatic carbocycles. The molecule has 3 saturated carbocycles. The lowest BCUT2D eigenvalue weighted by atomic mass is 9.47. The fourth-order valence-corrected chi connectivity index (χ4v) is 6.75. The molecule has 0 spiro atoms. The van der Waals surface area contributed by atoms with Crippen molar-refractivity contribution in [2.24, 2.45) is 28.6 Å². The molecule has 0 aromatic rings. The van der Waals surface area contributed by atoms with Gasteiger partial charge in [0, 0.05) is 12.8 Å². The molecule has 0 bridgehead atoms. The molecule has 0 saturated heterocycles. The molecule has 4 aliphatic carbocycles. The number of rotatable bonds is 2. The number of aliphatic hydroxyl groups excluding tert-OH is 1. The first-order chi connectivity index (χ1) is 12.7. The van der Waals surface area contributed by atoms with E-state index in [9.17, 15) is 14.7 Å². The van der Waals surface area contributed by atoms with E-state index >= 15 is 0 Å². The molecule has 0 unspecified atom stereocenters. The Balaban J connectivity index is 0.000000307. The minimum atomic E-state index is -0.711. The van der Waals surface area contributed by atoms with Crippen LogP contribution in [0.4, 0.5) is 0 Å². The minimum Gasteiger partial charge on any atom is -0.481 e. The Morgan fingerprint density at radius 2 is 1.85 bits per heavy atom. The Morgan fingerprint density at radius 3 is 2.48 bits per heavy atom. The maximum absolute atomic E-state index is 11.8. The lowest BCUT2D eigenvalue weighted by molar-refractivity contribution is -0.137. The number of carboxylic acid groups (broad SMARTS) is 1. The summed E-state index contributed by atoms with van der Waals surface area (Å²) < 4.78 is 0. The van der Waals surface area contributed by atoms with Crippen molar-refractivity contribution in [2.45, 2.75) is 91.1 Å². The average Bonchev–Trinajstić information content (AvgIpc) is 2.91. The number of ketones is 1. The Morgan fingerprint density at radius 1 is 1.11 bits per heavy atom. The molecule has 0 heterocycles. The molecule has 0 aromatic heterocycles. The second-order valence-corrected chi connectivity index (χ2v) is 9.75. The van der Waals surface area contributed by atoms with Crippen LogP contribution in [0.25, 0.3) is 0 Å². The van der Waals surface area contributed by atoms with E-state index in [-0.39, 0.29) is 16.9 Å². The highest BCUT2D eigenvalue weighted by Crippen LogP contribution is 2.65. The number of aliphatic carboxylic acids is 1. The van der Waals surface area contributed by atoms with Crippen LogP contribution < -0.4 is 0 Å². The maximum Gasteiger partial charge on any atom is 0.303 e. The highest BCUT2D eigenvalue weighted by Gasteiger charge is 2.58. The molecule has 4 aliphatic rings. The topological polar surface area (TPSA) is 74.6 Å². The fraction of sp³-hybridized carbons (Fsp3) is 0.826. The summed E-state index contributed by atoms with van der Waals surface area (Å²) in [5.41, 5.74) is 1.89. The SMILES string of the molecule is CCCC(=O)O.C[C@]12CC[C@H]3[C@@H](CCC4=CC(=O)CC[C@@]43C)[C@@H]1CC[C@@H]2O. The summed E-state index contributed by atoms with van der Waals surface area (Å²) in [6, 6.07) is 0. The monoisotopic (exact) mass is 376 g/mol. The second-order valence-electron chi connectivity index (χ2n) is 9.75. The van der Waals surface area contributed by atoms with E-state index in [4.69, 9.17) is 5.11 Å². The quantitative estimate of drug-likeness (QED) is 0.729. The van der Waals surface area contributed by atoms with Gasteiger partial charge in [-0.1, -0.05) is 26.3 Å². The Kier molecular flexibility index (Phi) is 5.86. The van der Waals surface area contributed by atoms with Crippen LogP contribution in [0.5, 0.6) is 0 Å². The van der Waals surface area contributed by atoms with Gasteiger partial charge in [0.05, 0.1) is 6.10 Å². The predicted octanol–water partition coefficient (Wildman–Crippen LogP) is 4.75. The Hall–Kier alpha value is -1.16. The first-order valence-corrected chi connectivity index (χ1v) is 10.9. The van der Waals surface area contributed by atoms with Crippen molar-refractivity contribution in [3.05, 3.63) is 11.6 Å². The first kappa shape index (κ1) is 20.6. The van der Waals surface area contributed by atoms with Gasteiger partial charge in [-0.25, -0.2) is 0 Å². The molecule has 4 rings (SSSR count). The third-order valence-corrected chi connectivity index (χ3v) is 8.38. The molecule has 4 heteroatoms. The lowest BCUT2D eigenvalue weighted by Crippen LogP contribution is -2.51. The summed E-state index contributed by atoms with van der Waals surface area (Å²) in [6.45, 7) is 6.61. The van der Waals surface area contributed by atoms with Crippen molar-refractivity contribution >= 4 is 11.8 Å². The number of aliphatic hydroxyl groups is 1. The van der Waals surface area contributed by atoms with Gasteiger partial charge in [0.1, 0.15) is 0 Å². The van der Waals surface area contributed by atoms with Crippen LogP contribution in [-0.2, 0) is 9.59 Å². The van der Waals surface area contributed by atoms with Gasteiger partial charge in [-0.05, 0) is 86.0 Å². The molecular formula is C23H36O4. The highest BCUT2D eigenvalue weighted by molar-refractivity contribution is 5.91.